The van der Waals surface area contributed by atoms with E-state index in [0.29, 0.717) is 0 Å². The normalized spacial score (nSPS) is 14.3. The zero-order valence-corrected chi connectivity index (χ0v) is 16.9. The number of hydrogen-bond donors (Lipinski definition) is 1. The van der Waals surface area contributed by atoms with E-state index in [2.05, 4.69) is 44.1 Å². The molecule has 4 aromatic rings. The highest BCUT2D eigenvalue weighted by Gasteiger charge is 2.15. The third-order valence-corrected chi connectivity index (χ3v) is 5.65. The number of nitrogens with one attached hydrogen (secondary N) is 1. The summed E-state index contributed by atoms with van der Waals surface area (Å²) in [6.07, 6.45) is 10.4. The van der Waals surface area contributed by atoms with Crippen LogP contribution in [0, 0.1) is 0 Å². The van der Waals surface area contributed by atoms with Crippen molar-refractivity contribution in [2.24, 2.45) is 0 Å². The fourth-order valence-corrected chi connectivity index (χ4v) is 4.03. The molecule has 1 saturated heterocycles. The van der Waals surface area contributed by atoms with Crippen molar-refractivity contribution in [2.75, 3.05) is 31.2 Å². The smallest absolute Gasteiger partial charge is 0.137 e. The largest absolute Gasteiger partial charge is 0.378 e. The lowest BCUT2D eigenvalue weighted by atomic mass is 10.0. The van der Waals surface area contributed by atoms with Crippen LogP contribution >= 0.6 is 0 Å². The lowest BCUT2D eigenvalue weighted by Crippen LogP contribution is -2.37. The highest BCUT2D eigenvalue weighted by atomic mass is 16.5. The van der Waals surface area contributed by atoms with Gasteiger partial charge in [-0.05, 0) is 53.8 Å². The van der Waals surface area contributed by atoms with Crippen LogP contribution in [-0.2, 0) is 24.0 Å². The summed E-state index contributed by atoms with van der Waals surface area (Å²) in [7, 11) is 0. The van der Waals surface area contributed by atoms with E-state index in [1.807, 2.05) is 36.9 Å². The Hall–Kier alpha value is -3.25. The molecular formula is C24H25N5O. The lowest BCUT2D eigenvalue weighted by Gasteiger charge is -2.29. The third kappa shape index (κ3) is 4.04. The maximum absolute atomic E-state index is 5.48. The summed E-state index contributed by atoms with van der Waals surface area (Å²) >= 11 is 0. The molecule has 1 fully saturated rings. The van der Waals surface area contributed by atoms with Crippen molar-refractivity contribution in [3.05, 3.63) is 83.6 Å². The predicted octanol–water partition coefficient (Wildman–Crippen LogP) is 3.57. The molecule has 5 heterocycles. The molecule has 0 unspecified atom stereocenters. The molecule has 4 aromatic heterocycles. The van der Waals surface area contributed by atoms with Crippen LogP contribution in [0.2, 0.25) is 0 Å². The van der Waals surface area contributed by atoms with E-state index >= 15 is 0 Å². The summed E-state index contributed by atoms with van der Waals surface area (Å²) in [4.78, 5) is 19.3. The zero-order valence-electron chi connectivity index (χ0n) is 16.9. The molecule has 1 N–H and O–H groups in total. The molecule has 0 atom stereocenters. The molecule has 1 aliphatic heterocycles. The SMILES string of the molecule is c1cnc(N2CCOCC2)c(CCc2ccc(Cc3c[nH]c4ncccc34)cn2)c1. The van der Waals surface area contributed by atoms with E-state index in [4.69, 9.17) is 9.72 Å². The van der Waals surface area contributed by atoms with Crippen LogP contribution in [0.1, 0.15) is 22.4 Å². The Bertz CT molecular complexity index is 1120. The van der Waals surface area contributed by atoms with Gasteiger partial charge in [0.1, 0.15) is 11.5 Å². The first-order valence-electron chi connectivity index (χ1n) is 10.5. The standard InChI is InChI=1S/C24H25N5O/c1-3-19(24(26-10-1)29-11-13-30-14-12-29)6-8-21-7-5-18(16-27-21)15-20-17-28-23-22(20)4-2-9-25-23/h1-5,7,9-10,16-17H,6,8,11-15H2,(H,25,28). The molecule has 0 bridgehead atoms. The van der Waals surface area contributed by atoms with Gasteiger partial charge in [-0.3, -0.25) is 4.98 Å². The van der Waals surface area contributed by atoms with Crippen LogP contribution in [-0.4, -0.2) is 46.2 Å². The molecular weight excluding hydrogens is 374 g/mol. The number of fused-ring (bicyclic) bond motifs is 1. The Kier molecular flexibility index (Phi) is 5.40. The number of pyridine rings is 3. The topological polar surface area (TPSA) is 66.9 Å². The number of nitrogens with zero attached hydrogens (tertiary/aromatic N) is 4. The molecule has 0 saturated carbocycles. The number of H-pyrrole nitrogens is 1. The van der Waals surface area contributed by atoms with Gasteiger partial charge < -0.3 is 14.6 Å². The number of anilines is 1. The van der Waals surface area contributed by atoms with Gasteiger partial charge in [-0.2, -0.15) is 0 Å². The highest BCUT2D eigenvalue weighted by molar-refractivity contribution is 5.79. The first-order valence-corrected chi connectivity index (χ1v) is 10.5. The molecule has 1 aliphatic rings. The number of aromatic nitrogens is 4. The molecule has 30 heavy (non-hydrogen) atoms. The molecule has 6 heteroatoms. The molecule has 0 aromatic carbocycles. The summed E-state index contributed by atoms with van der Waals surface area (Å²) in [5, 5.41) is 1.17. The van der Waals surface area contributed by atoms with E-state index in [1.54, 1.807) is 0 Å². The number of morpholine rings is 1. The first-order chi connectivity index (χ1) is 14.9. The van der Waals surface area contributed by atoms with E-state index in [0.717, 1.165) is 62.7 Å². The minimum absolute atomic E-state index is 0.769. The Balaban J connectivity index is 1.25. The molecule has 5 rings (SSSR count). The Morgan fingerprint density at radius 3 is 2.63 bits per heavy atom. The third-order valence-electron chi connectivity index (χ3n) is 5.65. The fraction of sp³-hybridized carbons (Fsp3) is 0.292. The van der Waals surface area contributed by atoms with E-state index < -0.39 is 0 Å². The van der Waals surface area contributed by atoms with Crippen molar-refractivity contribution < 1.29 is 4.74 Å². The van der Waals surface area contributed by atoms with E-state index in [1.165, 1.54) is 22.1 Å². The average Bonchev–Trinajstić information content (AvgIpc) is 3.22. The van der Waals surface area contributed by atoms with Gasteiger partial charge in [-0.15, -0.1) is 0 Å². The van der Waals surface area contributed by atoms with Crippen molar-refractivity contribution >= 4 is 16.9 Å². The average molecular weight is 399 g/mol. The minimum atomic E-state index is 0.769. The van der Waals surface area contributed by atoms with Crippen molar-refractivity contribution in [2.45, 2.75) is 19.3 Å². The molecule has 0 spiro atoms. The number of hydrogen-bond acceptors (Lipinski definition) is 5. The summed E-state index contributed by atoms with van der Waals surface area (Å²) in [5.41, 5.74) is 5.77. The zero-order chi connectivity index (χ0) is 20.2. The maximum atomic E-state index is 5.48. The van der Waals surface area contributed by atoms with Gasteiger partial charge in [-0.25, -0.2) is 9.97 Å². The van der Waals surface area contributed by atoms with Crippen molar-refractivity contribution in [1.29, 1.82) is 0 Å². The Morgan fingerprint density at radius 2 is 1.77 bits per heavy atom. The van der Waals surface area contributed by atoms with Gasteiger partial charge in [0.25, 0.3) is 0 Å². The highest BCUT2D eigenvalue weighted by Crippen LogP contribution is 2.21. The number of rotatable bonds is 6. The monoisotopic (exact) mass is 399 g/mol. The summed E-state index contributed by atoms with van der Waals surface area (Å²) < 4.78 is 5.48. The second kappa shape index (κ2) is 8.63. The second-order valence-electron chi connectivity index (χ2n) is 7.63. The summed E-state index contributed by atoms with van der Waals surface area (Å²) in [5.74, 6) is 1.09. The number of aromatic amines is 1. The van der Waals surface area contributed by atoms with Crippen molar-refractivity contribution in [3.8, 4) is 0 Å². The fourth-order valence-electron chi connectivity index (χ4n) is 4.03. The van der Waals surface area contributed by atoms with Gasteiger partial charge in [0, 0.05) is 55.4 Å². The minimum Gasteiger partial charge on any atom is -0.378 e. The van der Waals surface area contributed by atoms with Crippen LogP contribution in [0.15, 0.2) is 61.2 Å². The van der Waals surface area contributed by atoms with Gasteiger partial charge in [0.15, 0.2) is 0 Å². The second-order valence-corrected chi connectivity index (χ2v) is 7.63. The maximum Gasteiger partial charge on any atom is 0.137 e. The molecule has 0 amide bonds. The first kappa shape index (κ1) is 18.8. The summed E-state index contributed by atoms with van der Waals surface area (Å²) in [6.45, 7) is 3.34. The Labute approximate surface area is 176 Å². The van der Waals surface area contributed by atoms with Crippen LogP contribution in [0.4, 0.5) is 5.82 Å². The quantitative estimate of drug-likeness (QED) is 0.537. The van der Waals surface area contributed by atoms with Crippen molar-refractivity contribution in [3.63, 3.8) is 0 Å². The van der Waals surface area contributed by atoms with Gasteiger partial charge >= 0.3 is 0 Å². The molecule has 0 radical (unpaired) electrons. The summed E-state index contributed by atoms with van der Waals surface area (Å²) in [6, 6.07) is 12.6. The number of ether oxygens (including phenoxy) is 1. The van der Waals surface area contributed by atoms with Gasteiger partial charge in [0.2, 0.25) is 0 Å². The van der Waals surface area contributed by atoms with Crippen LogP contribution in [0.25, 0.3) is 11.0 Å². The van der Waals surface area contributed by atoms with Gasteiger partial charge in [-0.1, -0.05) is 12.1 Å². The van der Waals surface area contributed by atoms with Gasteiger partial charge in [0.05, 0.1) is 13.2 Å². The van der Waals surface area contributed by atoms with E-state index in [-0.39, 0.29) is 0 Å². The predicted molar refractivity (Wildman–Crippen MR) is 118 cm³/mol. The van der Waals surface area contributed by atoms with Crippen molar-refractivity contribution in [1.82, 2.24) is 19.9 Å². The van der Waals surface area contributed by atoms with E-state index in [9.17, 15) is 0 Å². The van der Waals surface area contributed by atoms with Crippen LogP contribution < -0.4 is 4.90 Å². The lowest BCUT2D eigenvalue weighted by molar-refractivity contribution is 0.122. The number of aryl methyl sites for hydroxylation is 2. The molecule has 152 valence electrons. The molecule has 0 aliphatic carbocycles. The Morgan fingerprint density at radius 1 is 0.900 bits per heavy atom. The van der Waals surface area contributed by atoms with Crippen LogP contribution in [0.3, 0.4) is 0 Å². The molecule has 6 nitrogen and oxygen atoms in total. The van der Waals surface area contributed by atoms with Crippen LogP contribution in [0.5, 0.6) is 0 Å².